The van der Waals surface area contributed by atoms with Crippen LogP contribution >= 0.6 is 0 Å². The predicted octanol–water partition coefficient (Wildman–Crippen LogP) is 3.71. The summed E-state index contributed by atoms with van der Waals surface area (Å²) in [6, 6.07) is 5.74. The molecule has 1 atom stereocenters. The van der Waals surface area contributed by atoms with Crippen molar-refractivity contribution in [3.8, 4) is 11.5 Å². The fourth-order valence-electron chi connectivity index (χ4n) is 2.12. The molecule has 106 valence electrons. The Kier molecular flexibility index (Phi) is 4.35. The maximum absolute atomic E-state index is 10.3. The first kappa shape index (κ1) is 14.2. The molecule has 0 aromatic heterocycles. The lowest BCUT2D eigenvalue weighted by Crippen LogP contribution is -2.08. The maximum atomic E-state index is 10.3. The van der Waals surface area contributed by atoms with Gasteiger partial charge in [0.1, 0.15) is 0 Å². The van der Waals surface area contributed by atoms with Crippen molar-refractivity contribution in [1.29, 1.82) is 0 Å². The van der Waals surface area contributed by atoms with Crippen LogP contribution in [0.2, 0.25) is 0 Å². The van der Waals surface area contributed by atoms with Gasteiger partial charge < -0.3 is 14.6 Å². The molecule has 3 heteroatoms. The van der Waals surface area contributed by atoms with Gasteiger partial charge in [-0.15, -0.1) is 0 Å². The Morgan fingerprint density at radius 2 is 1.84 bits per heavy atom. The average molecular weight is 264 g/mol. The highest BCUT2D eigenvalue weighted by Gasteiger charge is 2.17. The topological polar surface area (TPSA) is 38.7 Å². The minimum absolute atomic E-state index is 0.242. The standard InChI is InChI=1S/C16H24O3/c1-16(2,3)8-7-13(17)12-5-6-14-15(11-12)19-10-4-9-18-14/h5-6,11,13,17H,4,7-10H2,1-3H3. The third-order valence-electron chi connectivity index (χ3n) is 3.32. The lowest BCUT2D eigenvalue weighted by Gasteiger charge is -2.21. The molecule has 1 heterocycles. The van der Waals surface area contributed by atoms with Crippen LogP contribution in [0.3, 0.4) is 0 Å². The molecule has 1 aliphatic rings. The summed E-state index contributed by atoms with van der Waals surface area (Å²) in [4.78, 5) is 0. The summed E-state index contributed by atoms with van der Waals surface area (Å²) in [5, 5.41) is 10.3. The van der Waals surface area contributed by atoms with Crippen molar-refractivity contribution in [3.63, 3.8) is 0 Å². The molecule has 0 bridgehead atoms. The Morgan fingerprint density at radius 3 is 2.53 bits per heavy atom. The highest BCUT2D eigenvalue weighted by molar-refractivity contribution is 5.44. The molecule has 1 aliphatic heterocycles. The van der Waals surface area contributed by atoms with E-state index < -0.39 is 6.10 Å². The molecule has 1 aromatic rings. The van der Waals surface area contributed by atoms with Crippen molar-refractivity contribution in [2.24, 2.45) is 5.41 Å². The van der Waals surface area contributed by atoms with Crippen LogP contribution in [0.5, 0.6) is 11.5 Å². The van der Waals surface area contributed by atoms with Crippen LogP contribution in [0.1, 0.15) is 51.7 Å². The van der Waals surface area contributed by atoms with E-state index in [2.05, 4.69) is 20.8 Å². The highest BCUT2D eigenvalue weighted by Crippen LogP contribution is 2.34. The first-order chi connectivity index (χ1) is 8.96. The Balaban J connectivity index is 2.06. The van der Waals surface area contributed by atoms with E-state index in [0.29, 0.717) is 13.2 Å². The van der Waals surface area contributed by atoms with Crippen molar-refractivity contribution in [2.45, 2.75) is 46.1 Å². The monoisotopic (exact) mass is 264 g/mol. The molecular formula is C16H24O3. The zero-order valence-electron chi connectivity index (χ0n) is 12.1. The molecule has 0 fully saturated rings. The van der Waals surface area contributed by atoms with Gasteiger partial charge in [-0.2, -0.15) is 0 Å². The van der Waals surface area contributed by atoms with Crippen molar-refractivity contribution < 1.29 is 14.6 Å². The molecule has 0 saturated heterocycles. The fourth-order valence-corrected chi connectivity index (χ4v) is 2.12. The highest BCUT2D eigenvalue weighted by atomic mass is 16.5. The van der Waals surface area contributed by atoms with E-state index in [1.165, 1.54) is 0 Å². The van der Waals surface area contributed by atoms with Crippen molar-refractivity contribution in [1.82, 2.24) is 0 Å². The molecule has 1 unspecified atom stereocenters. The van der Waals surface area contributed by atoms with Gasteiger partial charge in [-0.3, -0.25) is 0 Å². The lowest BCUT2D eigenvalue weighted by atomic mass is 9.88. The van der Waals surface area contributed by atoms with E-state index >= 15 is 0 Å². The maximum Gasteiger partial charge on any atom is 0.161 e. The number of hydrogen-bond acceptors (Lipinski definition) is 3. The van der Waals surface area contributed by atoms with Gasteiger partial charge in [-0.25, -0.2) is 0 Å². The number of aliphatic hydroxyl groups excluding tert-OH is 1. The van der Waals surface area contributed by atoms with Crippen LogP contribution in [-0.4, -0.2) is 18.3 Å². The van der Waals surface area contributed by atoms with E-state index in [0.717, 1.165) is 36.3 Å². The summed E-state index contributed by atoms with van der Waals surface area (Å²) < 4.78 is 11.2. The van der Waals surface area contributed by atoms with E-state index in [9.17, 15) is 5.11 Å². The Morgan fingerprint density at radius 1 is 1.16 bits per heavy atom. The molecule has 0 radical (unpaired) electrons. The number of aliphatic hydroxyl groups is 1. The molecular weight excluding hydrogens is 240 g/mol. The molecule has 19 heavy (non-hydrogen) atoms. The molecule has 0 amide bonds. The summed E-state index contributed by atoms with van der Waals surface area (Å²) in [6.07, 6.45) is 2.22. The quantitative estimate of drug-likeness (QED) is 0.904. The molecule has 2 rings (SSSR count). The van der Waals surface area contributed by atoms with Crippen molar-refractivity contribution in [3.05, 3.63) is 23.8 Å². The van der Waals surface area contributed by atoms with Crippen LogP contribution < -0.4 is 9.47 Å². The minimum Gasteiger partial charge on any atom is -0.490 e. The second-order valence-electron chi connectivity index (χ2n) is 6.37. The summed E-state index contributed by atoms with van der Waals surface area (Å²) in [6.45, 7) is 7.93. The number of hydrogen-bond donors (Lipinski definition) is 1. The molecule has 1 aromatic carbocycles. The third kappa shape index (κ3) is 4.13. The Bertz CT molecular complexity index is 420. The largest absolute Gasteiger partial charge is 0.490 e. The zero-order valence-corrected chi connectivity index (χ0v) is 12.1. The number of benzene rings is 1. The van der Waals surface area contributed by atoms with E-state index in [-0.39, 0.29) is 5.41 Å². The number of rotatable bonds is 3. The van der Waals surface area contributed by atoms with Gasteiger partial charge in [0.2, 0.25) is 0 Å². The van der Waals surface area contributed by atoms with Crippen LogP contribution in [0.4, 0.5) is 0 Å². The first-order valence-corrected chi connectivity index (χ1v) is 7.03. The van der Waals surface area contributed by atoms with Crippen LogP contribution in [0.15, 0.2) is 18.2 Å². The first-order valence-electron chi connectivity index (χ1n) is 7.03. The van der Waals surface area contributed by atoms with Gasteiger partial charge in [-0.1, -0.05) is 26.8 Å². The predicted molar refractivity (Wildman–Crippen MR) is 75.7 cm³/mol. The van der Waals surface area contributed by atoms with Crippen molar-refractivity contribution >= 4 is 0 Å². The summed E-state index contributed by atoms with van der Waals surface area (Å²) >= 11 is 0. The van der Waals surface area contributed by atoms with Gasteiger partial charge >= 0.3 is 0 Å². The molecule has 0 saturated carbocycles. The van der Waals surface area contributed by atoms with E-state index in [1.54, 1.807) is 0 Å². The van der Waals surface area contributed by atoms with Gasteiger partial charge in [0.05, 0.1) is 19.3 Å². The molecule has 0 aliphatic carbocycles. The van der Waals surface area contributed by atoms with Gasteiger partial charge in [0.15, 0.2) is 11.5 Å². The molecule has 1 N–H and O–H groups in total. The SMILES string of the molecule is CC(C)(C)CCC(O)c1ccc2c(c1)OCCCO2. The van der Waals surface area contributed by atoms with Gasteiger partial charge in [0, 0.05) is 6.42 Å². The van der Waals surface area contributed by atoms with Gasteiger partial charge in [-0.05, 0) is 36.0 Å². The van der Waals surface area contributed by atoms with E-state index in [4.69, 9.17) is 9.47 Å². The Hall–Kier alpha value is -1.22. The van der Waals surface area contributed by atoms with Crippen LogP contribution in [0, 0.1) is 5.41 Å². The lowest BCUT2D eigenvalue weighted by molar-refractivity contribution is 0.147. The average Bonchev–Trinajstić information content (AvgIpc) is 2.59. The minimum atomic E-state index is -0.434. The summed E-state index contributed by atoms with van der Waals surface area (Å²) in [5.41, 5.74) is 1.15. The fraction of sp³-hybridized carbons (Fsp3) is 0.625. The smallest absolute Gasteiger partial charge is 0.161 e. The number of fused-ring (bicyclic) bond motifs is 1. The molecule has 3 nitrogen and oxygen atoms in total. The summed E-state index contributed by atoms with van der Waals surface area (Å²) in [7, 11) is 0. The van der Waals surface area contributed by atoms with Crippen LogP contribution in [-0.2, 0) is 0 Å². The number of ether oxygens (including phenoxy) is 2. The third-order valence-corrected chi connectivity index (χ3v) is 3.32. The van der Waals surface area contributed by atoms with Crippen molar-refractivity contribution in [2.75, 3.05) is 13.2 Å². The zero-order chi connectivity index (χ0) is 13.9. The normalized spacial score (nSPS) is 16.8. The Labute approximate surface area is 115 Å². The summed E-state index contributed by atoms with van der Waals surface area (Å²) in [5.74, 6) is 1.54. The van der Waals surface area contributed by atoms with Crippen LogP contribution in [0.25, 0.3) is 0 Å². The van der Waals surface area contributed by atoms with Gasteiger partial charge in [0.25, 0.3) is 0 Å². The second kappa shape index (κ2) is 5.83. The molecule has 0 spiro atoms. The van der Waals surface area contributed by atoms with E-state index in [1.807, 2.05) is 18.2 Å². The second-order valence-corrected chi connectivity index (χ2v) is 6.37.